The van der Waals surface area contributed by atoms with Gasteiger partial charge in [-0.15, -0.1) is 0 Å². The Morgan fingerprint density at radius 3 is 2.36 bits per heavy atom. The maximum atomic E-state index is 11.2. The molecule has 0 bridgehead atoms. The van der Waals surface area contributed by atoms with Gasteiger partial charge >= 0.3 is 0 Å². The second-order valence-electron chi connectivity index (χ2n) is 4.39. The molecule has 0 aliphatic rings. The molecule has 0 saturated carbocycles. The van der Waals surface area contributed by atoms with Crippen LogP contribution in [0.2, 0.25) is 0 Å². The Morgan fingerprint density at radius 1 is 1.50 bits per heavy atom. The lowest BCUT2D eigenvalue weighted by Crippen LogP contribution is -2.45. The van der Waals surface area contributed by atoms with Crippen molar-refractivity contribution >= 4 is 5.91 Å². The van der Waals surface area contributed by atoms with Gasteiger partial charge in [-0.2, -0.15) is 0 Å². The molecule has 0 aromatic carbocycles. The van der Waals surface area contributed by atoms with Gasteiger partial charge in [-0.1, -0.05) is 0 Å². The lowest BCUT2D eigenvalue weighted by Gasteiger charge is -2.22. The lowest BCUT2D eigenvalue weighted by molar-refractivity contribution is -0.136. The zero-order chi connectivity index (χ0) is 11.4. The van der Waals surface area contributed by atoms with Crippen LogP contribution in [-0.2, 0) is 4.79 Å². The molecule has 1 amide bonds. The van der Waals surface area contributed by atoms with E-state index in [-0.39, 0.29) is 5.91 Å². The molecule has 0 saturated heterocycles. The molecule has 4 nitrogen and oxygen atoms in total. The van der Waals surface area contributed by atoms with Gasteiger partial charge in [0.1, 0.15) is 5.60 Å². The second kappa shape index (κ2) is 5.32. The van der Waals surface area contributed by atoms with E-state index in [0.717, 1.165) is 6.54 Å². The van der Waals surface area contributed by atoms with E-state index >= 15 is 0 Å². The van der Waals surface area contributed by atoms with Crippen LogP contribution in [0.15, 0.2) is 0 Å². The van der Waals surface area contributed by atoms with Crippen molar-refractivity contribution in [2.24, 2.45) is 0 Å². The van der Waals surface area contributed by atoms with Crippen molar-refractivity contribution in [1.29, 1.82) is 0 Å². The topological polar surface area (TPSA) is 52.6 Å². The molecule has 4 heteroatoms. The van der Waals surface area contributed by atoms with E-state index in [1.807, 2.05) is 7.05 Å². The summed E-state index contributed by atoms with van der Waals surface area (Å²) in [6, 6.07) is 0.467. The van der Waals surface area contributed by atoms with Crippen molar-refractivity contribution in [3.05, 3.63) is 0 Å². The number of nitrogens with one attached hydrogen (secondary N) is 1. The molecule has 0 fully saturated rings. The van der Waals surface area contributed by atoms with Crippen LogP contribution >= 0.6 is 0 Å². The fourth-order valence-corrected chi connectivity index (χ4v) is 0.820. The van der Waals surface area contributed by atoms with E-state index in [9.17, 15) is 9.90 Å². The average Bonchev–Trinajstić information content (AvgIpc) is 2.01. The predicted octanol–water partition coefficient (Wildman–Crippen LogP) is 0.214. The fourth-order valence-electron chi connectivity index (χ4n) is 0.820. The summed E-state index contributed by atoms with van der Waals surface area (Å²) in [5.41, 5.74) is -1.28. The number of aliphatic hydroxyl groups is 1. The largest absolute Gasteiger partial charge is 0.381 e. The van der Waals surface area contributed by atoms with Crippen LogP contribution in [0.5, 0.6) is 0 Å². The van der Waals surface area contributed by atoms with E-state index in [1.165, 1.54) is 13.8 Å². The summed E-state index contributed by atoms with van der Waals surface area (Å²) in [6.45, 7) is 8.51. The smallest absolute Gasteiger partial charge is 0.251 e. The number of carbonyl (C=O) groups is 1. The second-order valence-corrected chi connectivity index (χ2v) is 4.39. The van der Waals surface area contributed by atoms with Crippen molar-refractivity contribution in [3.63, 3.8) is 0 Å². The molecule has 0 aromatic rings. The maximum Gasteiger partial charge on any atom is 0.251 e. The van der Waals surface area contributed by atoms with E-state index < -0.39 is 5.60 Å². The number of carbonyl (C=O) groups excluding carboxylic acids is 1. The molecule has 84 valence electrons. The Kier molecular flexibility index (Phi) is 5.08. The molecule has 0 unspecified atom stereocenters. The highest BCUT2D eigenvalue weighted by Gasteiger charge is 2.22. The van der Waals surface area contributed by atoms with E-state index in [0.29, 0.717) is 12.6 Å². The minimum atomic E-state index is -1.28. The number of hydrogen-bond acceptors (Lipinski definition) is 3. The Morgan fingerprint density at radius 2 is 2.00 bits per heavy atom. The van der Waals surface area contributed by atoms with Crippen LogP contribution in [0.3, 0.4) is 0 Å². The molecule has 0 atom stereocenters. The molecular formula is C10H22N2O2. The van der Waals surface area contributed by atoms with Gasteiger partial charge in [0.15, 0.2) is 0 Å². The lowest BCUT2D eigenvalue weighted by atomic mass is 10.1. The van der Waals surface area contributed by atoms with E-state index in [1.54, 1.807) is 0 Å². The van der Waals surface area contributed by atoms with Gasteiger partial charge in [0.2, 0.25) is 0 Å². The summed E-state index contributed by atoms with van der Waals surface area (Å²) >= 11 is 0. The molecule has 0 rings (SSSR count). The van der Waals surface area contributed by atoms with Crippen LogP contribution in [0.25, 0.3) is 0 Å². The van der Waals surface area contributed by atoms with Crippen LogP contribution in [0, 0.1) is 0 Å². The average molecular weight is 202 g/mol. The molecule has 0 aromatic heterocycles. The Labute approximate surface area is 86.3 Å². The summed E-state index contributed by atoms with van der Waals surface area (Å²) in [5.74, 6) is -0.324. The van der Waals surface area contributed by atoms with Crippen molar-refractivity contribution in [3.8, 4) is 0 Å². The molecule has 0 heterocycles. The van der Waals surface area contributed by atoms with Crippen LogP contribution in [-0.4, -0.2) is 47.7 Å². The highest BCUT2D eigenvalue weighted by molar-refractivity contribution is 5.83. The molecule has 2 N–H and O–H groups in total. The Bertz CT molecular complexity index is 185. The van der Waals surface area contributed by atoms with Gasteiger partial charge in [0.25, 0.3) is 5.91 Å². The summed E-state index contributed by atoms with van der Waals surface area (Å²) in [4.78, 5) is 13.4. The van der Waals surface area contributed by atoms with Gasteiger partial charge in [-0.3, -0.25) is 4.79 Å². The van der Waals surface area contributed by atoms with Gasteiger partial charge in [-0.25, -0.2) is 0 Å². The van der Waals surface area contributed by atoms with Gasteiger partial charge in [0.05, 0.1) is 0 Å². The van der Waals surface area contributed by atoms with Gasteiger partial charge in [-0.05, 0) is 34.7 Å². The van der Waals surface area contributed by atoms with Gasteiger partial charge in [0, 0.05) is 19.1 Å². The first-order valence-electron chi connectivity index (χ1n) is 4.96. The minimum absolute atomic E-state index is 0.324. The highest BCUT2D eigenvalue weighted by atomic mass is 16.3. The minimum Gasteiger partial charge on any atom is -0.381 e. The normalized spacial score (nSPS) is 12.3. The summed E-state index contributed by atoms with van der Waals surface area (Å²) in [5, 5.41) is 12.0. The van der Waals surface area contributed by atoms with Crippen LogP contribution in [0.1, 0.15) is 27.7 Å². The van der Waals surface area contributed by atoms with Crippen LogP contribution < -0.4 is 5.32 Å². The molecule has 0 spiro atoms. The number of hydrogen-bond donors (Lipinski definition) is 2. The number of rotatable bonds is 5. The molecular weight excluding hydrogens is 180 g/mol. The number of likely N-dealkylation sites (N-methyl/N-ethyl adjacent to an activating group) is 1. The standard InChI is InChI=1S/C10H22N2O2/c1-8(2)12(5)7-6-11-9(13)10(3,4)14/h8,14H,6-7H2,1-5H3,(H,11,13). The molecule has 0 aliphatic carbocycles. The summed E-state index contributed by atoms with van der Waals surface area (Å²) in [7, 11) is 2.00. The van der Waals surface area contributed by atoms with E-state index in [4.69, 9.17) is 0 Å². The van der Waals surface area contributed by atoms with Gasteiger partial charge < -0.3 is 15.3 Å². The third kappa shape index (κ3) is 5.19. The summed E-state index contributed by atoms with van der Waals surface area (Å²) < 4.78 is 0. The first kappa shape index (κ1) is 13.4. The Balaban J connectivity index is 3.71. The van der Waals surface area contributed by atoms with Crippen molar-refractivity contribution < 1.29 is 9.90 Å². The SMILES string of the molecule is CC(C)N(C)CCNC(=O)C(C)(C)O. The first-order valence-corrected chi connectivity index (χ1v) is 4.96. The third-order valence-corrected chi connectivity index (χ3v) is 2.19. The monoisotopic (exact) mass is 202 g/mol. The Hall–Kier alpha value is -0.610. The number of nitrogens with zero attached hydrogens (tertiary/aromatic N) is 1. The van der Waals surface area contributed by atoms with Crippen molar-refractivity contribution in [2.45, 2.75) is 39.3 Å². The third-order valence-electron chi connectivity index (χ3n) is 2.19. The fraction of sp³-hybridized carbons (Fsp3) is 0.900. The first-order chi connectivity index (χ1) is 6.25. The summed E-state index contributed by atoms with van der Waals surface area (Å²) in [6.07, 6.45) is 0. The zero-order valence-corrected chi connectivity index (χ0v) is 9.79. The van der Waals surface area contributed by atoms with E-state index in [2.05, 4.69) is 24.1 Å². The number of amides is 1. The van der Waals surface area contributed by atoms with Crippen molar-refractivity contribution in [2.75, 3.05) is 20.1 Å². The van der Waals surface area contributed by atoms with Crippen molar-refractivity contribution in [1.82, 2.24) is 10.2 Å². The highest BCUT2D eigenvalue weighted by Crippen LogP contribution is 1.99. The zero-order valence-electron chi connectivity index (χ0n) is 9.79. The maximum absolute atomic E-state index is 11.2. The van der Waals surface area contributed by atoms with Crippen LogP contribution in [0.4, 0.5) is 0 Å². The predicted molar refractivity (Wildman–Crippen MR) is 57.1 cm³/mol. The molecule has 0 radical (unpaired) electrons. The quantitative estimate of drug-likeness (QED) is 0.670. The molecule has 0 aliphatic heterocycles. The molecule has 14 heavy (non-hydrogen) atoms.